The summed E-state index contributed by atoms with van der Waals surface area (Å²) in [7, 11) is 1.66. The van der Waals surface area contributed by atoms with Crippen LogP contribution in [0.5, 0.6) is 5.75 Å². The molecule has 0 aliphatic rings. The number of carboxylic acids is 1. The van der Waals surface area contributed by atoms with E-state index < -0.39 is 5.97 Å². The van der Waals surface area contributed by atoms with Crippen molar-refractivity contribution in [3.05, 3.63) is 16.3 Å². The summed E-state index contributed by atoms with van der Waals surface area (Å²) in [6.45, 7) is 2.19. The van der Waals surface area contributed by atoms with Crippen LogP contribution in [0.15, 0.2) is 11.4 Å². The second-order valence-corrected chi connectivity index (χ2v) is 4.12. The topological polar surface area (TPSA) is 66.8 Å². The first-order valence-corrected chi connectivity index (χ1v) is 5.55. The van der Waals surface area contributed by atoms with Gasteiger partial charge in [0.15, 0.2) is 4.88 Å². The van der Waals surface area contributed by atoms with Gasteiger partial charge < -0.3 is 14.7 Å². The Morgan fingerprint density at radius 2 is 2.25 bits per heavy atom. The molecule has 1 aromatic rings. The van der Waals surface area contributed by atoms with E-state index in [1.807, 2.05) is 0 Å². The molecule has 1 N–H and O–H groups in total. The van der Waals surface area contributed by atoms with Gasteiger partial charge in [-0.3, -0.25) is 4.79 Å². The molecule has 0 spiro atoms. The lowest BCUT2D eigenvalue weighted by Gasteiger charge is -2.14. The van der Waals surface area contributed by atoms with Crippen LogP contribution in [-0.4, -0.2) is 42.1 Å². The number of ether oxygens (including phenoxy) is 1. The van der Waals surface area contributed by atoms with Crippen LogP contribution in [-0.2, 0) is 4.79 Å². The predicted molar refractivity (Wildman–Crippen MR) is 60.1 cm³/mol. The second kappa shape index (κ2) is 5.50. The summed E-state index contributed by atoms with van der Waals surface area (Å²) in [4.78, 5) is 23.3. The van der Waals surface area contributed by atoms with Crippen molar-refractivity contribution >= 4 is 23.2 Å². The third-order valence-electron chi connectivity index (χ3n) is 2.05. The summed E-state index contributed by atoms with van der Waals surface area (Å²) < 4.78 is 5.29. The number of thiophene rings is 1. The van der Waals surface area contributed by atoms with Crippen LogP contribution in [0.3, 0.4) is 0 Å². The Morgan fingerprint density at radius 3 is 2.81 bits per heavy atom. The summed E-state index contributed by atoms with van der Waals surface area (Å²) in [6.07, 6.45) is 0. The zero-order valence-corrected chi connectivity index (χ0v) is 9.91. The number of nitrogens with zero attached hydrogens (tertiary/aromatic N) is 1. The lowest BCUT2D eigenvalue weighted by Crippen LogP contribution is -2.28. The molecular weight excluding hydrogens is 230 g/mol. The molecule has 16 heavy (non-hydrogen) atoms. The number of hydrogen-bond donors (Lipinski definition) is 1. The van der Waals surface area contributed by atoms with Crippen LogP contribution in [0, 0.1) is 0 Å². The van der Waals surface area contributed by atoms with Crippen molar-refractivity contribution in [2.24, 2.45) is 0 Å². The van der Waals surface area contributed by atoms with E-state index in [0.29, 0.717) is 12.3 Å². The van der Waals surface area contributed by atoms with Gasteiger partial charge in [0, 0.05) is 14.0 Å². The largest absolute Gasteiger partial charge is 0.490 e. The SMILES string of the molecule is CC(=O)N(C)CCOc1ccsc1C(=O)O. The number of carbonyl (C=O) groups is 2. The van der Waals surface area contributed by atoms with Gasteiger partial charge in [-0.05, 0) is 11.4 Å². The Labute approximate surface area is 97.3 Å². The Morgan fingerprint density at radius 1 is 1.56 bits per heavy atom. The van der Waals surface area contributed by atoms with Gasteiger partial charge in [-0.2, -0.15) is 0 Å². The summed E-state index contributed by atoms with van der Waals surface area (Å²) in [6, 6.07) is 1.61. The summed E-state index contributed by atoms with van der Waals surface area (Å²) >= 11 is 1.12. The fourth-order valence-corrected chi connectivity index (χ4v) is 1.69. The Kier molecular flexibility index (Phi) is 4.30. The van der Waals surface area contributed by atoms with E-state index in [1.165, 1.54) is 11.8 Å². The predicted octanol–water partition coefficient (Wildman–Crippen LogP) is 1.30. The highest BCUT2D eigenvalue weighted by molar-refractivity contribution is 7.12. The first kappa shape index (κ1) is 12.5. The molecule has 6 heteroatoms. The van der Waals surface area contributed by atoms with Crippen molar-refractivity contribution in [1.82, 2.24) is 4.90 Å². The van der Waals surface area contributed by atoms with Crippen LogP contribution in [0.2, 0.25) is 0 Å². The maximum absolute atomic E-state index is 10.9. The van der Waals surface area contributed by atoms with E-state index >= 15 is 0 Å². The van der Waals surface area contributed by atoms with Crippen LogP contribution >= 0.6 is 11.3 Å². The maximum Gasteiger partial charge on any atom is 0.349 e. The molecule has 0 unspecified atom stereocenters. The molecule has 1 heterocycles. The van der Waals surface area contributed by atoms with Crippen LogP contribution in [0.25, 0.3) is 0 Å². The Balaban J connectivity index is 2.46. The first-order chi connectivity index (χ1) is 7.52. The van der Waals surface area contributed by atoms with Crippen LogP contribution in [0.4, 0.5) is 0 Å². The molecule has 0 atom stereocenters. The van der Waals surface area contributed by atoms with Gasteiger partial charge in [-0.15, -0.1) is 11.3 Å². The summed E-state index contributed by atoms with van der Waals surface area (Å²) in [5, 5.41) is 10.5. The Bertz CT molecular complexity index is 388. The molecule has 0 aliphatic carbocycles. The van der Waals surface area contributed by atoms with Gasteiger partial charge in [0.05, 0.1) is 6.54 Å². The third kappa shape index (κ3) is 3.23. The minimum Gasteiger partial charge on any atom is -0.490 e. The first-order valence-electron chi connectivity index (χ1n) is 4.67. The molecule has 1 rings (SSSR count). The van der Waals surface area contributed by atoms with Gasteiger partial charge in [0.1, 0.15) is 12.4 Å². The zero-order valence-electron chi connectivity index (χ0n) is 9.10. The second-order valence-electron chi connectivity index (χ2n) is 3.21. The Hall–Kier alpha value is -1.56. The van der Waals surface area contributed by atoms with Gasteiger partial charge in [0.25, 0.3) is 0 Å². The number of aromatic carboxylic acids is 1. The molecule has 1 amide bonds. The van der Waals surface area contributed by atoms with Gasteiger partial charge in [-0.25, -0.2) is 4.79 Å². The molecule has 5 nitrogen and oxygen atoms in total. The molecule has 0 saturated carbocycles. The smallest absolute Gasteiger partial charge is 0.349 e. The van der Waals surface area contributed by atoms with Crippen LogP contribution < -0.4 is 4.74 Å². The highest BCUT2D eigenvalue weighted by Gasteiger charge is 2.12. The lowest BCUT2D eigenvalue weighted by molar-refractivity contribution is -0.127. The molecule has 1 aromatic heterocycles. The lowest BCUT2D eigenvalue weighted by atomic mass is 10.4. The van der Waals surface area contributed by atoms with Crippen molar-refractivity contribution in [2.75, 3.05) is 20.2 Å². The number of hydrogen-bond acceptors (Lipinski definition) is 4. The monoisotopic (exact) mass is 243 g/mol. The van der Waals surface area contributed by atoms with Crippen molar-refractivity contribution in [3.8, 4) is 5.75 Å². The van der Waals surface area contributed by atoms with Crippen molar-refractivity contribution in [3.63, 3.8) is 0 Å². The number of carboxylic acid groups (broad SMARTS) is 1. The average Bonchev–Trinajstić information content (AvgIpc) is 2.65. The average molecular weight is 243 g/mol. The van der Waals surface area contributed by atoms with E-state index in [9.17, 15) is 9.59 Å². The number of rotatable bonds is 5. The van der Waals surface area contributed by atoms with Gasteiger partial charge in [0.2, 0.25) is 5.91 Å². The fourth-order valence-electron chi connectivity index (χ4n) is 1.02. The fraction of sp³-hybridized carbons (Fsp3) is 0.400. The zero-order chi connectivity index (χ0) is 12.1. The molecule has 0 saturated heterocycles. The van der Waals surface area contributed by atoms with E-state index in [-0.39, 0.29) is 17.4 Å². The maximum atomic E-state index is 10.9. The standard InChI is InChI=1S/C10H13NO4S/c1-7(12)11(2)4-5-15-8-3-6-16-9(8)10(13)14/h3,6H,4-5H2,1-2H3,(H,13,14). The number of amides is 1. The third-order valence-corrected chi connectivity index (χ3v) is 2.93. The molecule has 0 radical (unpaired) electrons. The van der Waals surface area contributed by atoms with E-state index in [4.69, 9.17) is 9.84 Å². The van der Waals surface area contributed by atoms with E-state index in [2.05, 4.69) is 0 Å². The van der Waals surface area contributed by atoms with E-state index in [1.54, 1.807) is 18.5 Å². The quantitative estimate of drug-likeness (QED) is 0.846. The van der Waals surface area contributed by atoms with Gasteiger partial charge >= 0.3 is 5.97 Å². The molecule has 0 fully saturated rings. The molecule has 88 valence electrons. The number of likely N-dealkylation sites (N-methyl/N-ethyl adjacent to an activating group) is 1. The highest BCUT2D eigenvalue weighted by Crippen LogP contribution is 2.24. The van der Waals surface area contributed by atoms with Crippen molar-refractivity contribution in [2.45, 2.75) is 6.92 Å². The molecule has 0 bridgehead atoms. The van der Waals surface area contributed by atoms with Crippen molar-refractivity contribution < 1.29 is 19.4 Å². The molecule has 0 aliphatic heterocycles. The van der Waals surface area contributed by atoms with E-state index in [0.717, 1.165) is 11.3 Å². The normalized spacial score (nSPS) is 9.88. The number of carbonyl (C=O) groups excluding carboxylic acids is 1. The minimum atomic E-state index is -0.995. The summed E-state index contributed by atoms with van der Waals surface area (Å²) in [5.41, 5.74) is 0. The van der Waals surface area contributed by atoms with Crippen LogP contribution in [0.1, 0.15) is 16.6 Å². The van der Waals surface area contributed by atoms with Crippen molar-refractivity contribution in [1.29, 1.82) is 0 Å². The minimum absolute atomic E-state index is 0.0487. The van der Waals surface area contributed by atoms with Gasteiger partial charge in [-0.1, -0.05) is 0 Å². The highest BCUT2D eigenvalue weighted by atomic mass is 32.1. The summed E-state index contributed by atoms with van der Waals surface area (Å²) in [5.74, 6) is -0.688. The molecule has 0 aromatic carbocycles. The molecular formula is C10H13NO4S.